The fourth-order valence-corrected chi connectivity index (χ4v) is 4.22. The molecule has 0 radical (unpaired) electrons. The van der Waals surface area contributed by atoms with Crippen molar-refractivity contribution < 1.29 is 22.8 Å². The second-order valence-corrected chi connectivity index (χ2v) is 8.80. The fraction of sp³-hybridized carbons (Fsp3) is 0.500. The summed E-state index contributed by atoms with van der Waals surface area (Å²) in [7, 11) is 0. The third-order valence-corrected chi connectivity index (χ3v) is 5.97. The summed E-state index contributed by atoms with van der Waals surface area (Å²) >= 11 is 0. The van der Waals surface area contributed by atoms with E-state index < -0.39 is 11.7 Å². The lowest BCUT2D eigenvalue weighted by atomic mass is 9.81. The lowest BCUT2D eigenvalue weighted by Gasteiger charge is -2.25. The Balaban J connectivity index is 0.00000129. The Morgan fingerprint density at radius 1 is 1.06 bits per heavy atom. The largest absolute Gasteiger partial charge is 0.416 e. The van der Waals surface area contributed by atoms with Gasteiger partial charge in [0.25, 0.3) is 0 Å². The number of hydrogen-bond donors (Lipinski definition) is 0. The highest BCUT2D eigenvalue weighted by molar-refractivity contribution is 5.99. The topological polar surface area (TPSA) is 38.7 Å². The zero-order valence-electron chi connectivity index (χ0n) is 20.7. The van der Waals surface area contributed by atoms with Crippen molar-refractivity contribution in [1.29, 1.82) is 0 Å². The maximum Gasteiger partial charge on any atom is 0.416 e. The van der Waals surface area contributed by atoms with Crippen molar-refractivity contribution in [2.45, 2.75) is 91.3 Å². The predicted octanol–water partition coefficient (Wildman–Crippen LogP) is 8.49. The molecule has 2 aromatic rings. The molecule has 0 heterocycles. The van der Waals surface area contributed by atoms with Gasteiger partial charge in [-0.05, 0) is 66.5 Å². The van der Waals surface area contributed by atoms with Crippen LogP contribution in [-0.4, -0.2) is 12.0 Å². The standard InChI is InChI=1S/C25H28F3NO2.C3H8/c1-3-19-14-21(10-11-22(19)15-30)17(2)29-31-16-18-9-12-23(20-7-5-4-6-8-20)24(13-18)25(26,27)28;1-3-2/h9-15,20H,3-8,16H2,1-2H3;3H2,1-2H3/b29-17+;. The first kappa shape index (κ1) is 27.6. The van der Waals surface area contributed by atoms with Crippen LogP contribution in [0.2, 0.25) is 0 Å². The molecule has 3 nitrogen and oxygen atoms in total. The fourth-order valence-electron chi connectivity index (χ4n) is 4.22. The molecule has 1 saturated carbocycles. The van der Waals surface area contributed by atoms with Crippen molar-refractivity contribution in [3.05, 3.63) is 69.8 Å². The van der Waals surface area contributed by atoms with Crippen LogP contribution in [0.3, 0.4) is 0 Å². The van der Waals surface area contributed by atoms with E-state index >= 15 is 0 Å². The van der Waals surface area contributed by atoms with E-state index in [0.29, 0.717) is 28.8 Å². The predicted molar refractivity (Wildman–Crippen MR) is 131 cm³/mol. The van der Waals surface area contributed by atoms with Crippen molar-refractivity contribution in [3.63, 3.8) is 0 Å². The summed E-state index contributed by atoms with van der Waals surface area (Å²) in [6.07, 6.45) is 3.07. The van der Waals surface area contributed by atoms with E-state index in [4.69, 9.17) is 4.84 Å². The van der Waals surface area contributed by atoms with Gasteiger partial charge in [0.1, 0.15) is 12.9 Å². The minimum absolute atomic E-state index is 0.0253. The third kappa shape index (κ3) is 7.71. The van der Waals surface area contributed by atoms with Crippen LogP contribution in [0, 0.1) is 0 Å². The molecule has 0 unspecified atom stereocenters. The minimum atomic E-state index is -4.39. The normalized spacial score (nSPS) is 14.9. The summed E-state index contributed by atoms with van der Waals surface area (Å²) in [6.45, 7) is 7.94. The van der Waals surface area contributed by atoms with E-state index in [9.17, 15) is 18.0 Å². The van der Waals surface area contributed by atoms with Gasteiger partial charge in [-0.15, -0.1) is 0 Å². The monoisotopic (exact) mass is 475 g/mol. The quantitative estimate of drug-likeness (QED) is 0.229. The second kappa shape index (κ2) is 13.3. The molecule has 186 valence electrons. The van der Waals surface area contributed by atoms with Crippen LogP contribution in [-0.2, 0) is 24.0 Å². The summed E-state index contributed by atoms with van der Waals surface area (Å²) in [5.41, 5.74) is 3.24. The van der Waals surface area contributed by atoms with E-state index in [-0.39, 0.29) is 12.5 Å². The maximum atomic E-state index is 13.7. The molecule has 3 rings (SSSR count). The van der Waals surface area contributed by atoms with Gasteiger partial charge in [0.2, 0.25) is 0 Å². The van der Waals surface area contributed by atoms with Crippen molar-refractivity contribution in [2.24, 2.45) is 5.16 Å². The Labute approximate surface area is 201 Å². The summed E-state index contributed by atoms with van der Waals surface area (Å²) in [5.74, 6) is -0.0253. The third-order valence-electron chi connectivity index (χ3n) is 5.97. The van der Waals surface area contributed by atoms with Gasteiger partial charge < -0.3 is 4.84 Å². The van der Waals surface area contributed by atoms with E-state index in [0.717, 1.165) is 49.5 Å². The molecule has 0 amide bonds. The molecule has 1 fully saturated rings. The molecule has 0 atom stereocenters. The molecule has 0 aliphatic heterocycles. The summed E-state index contributed by atoms with van der Waals surface area (Å²) in [5, 5.41) is 4.07. The maximum absolute atomic E-state index is 13.7. The first-order chi connectivity index (χ1) is 16.2. The molecule has 0 saturated heterocycles. The number of aldehydes is 1. The van der Waals surface area contributed by atoms with Crippen LogP contribution >= 0.6 is 0 Å². The molecule has 0 spiro atoms. The Morgan fingerprint density at radius 3 is 2.32 bits per heavy atom. The van der Waals surface area contributed by atoms with E-state index in [1.165, 1.54) is 12.5 Å². The molecular weight excluding hydrogens is 439 g/mol. The SMILES string of the molecule is CCC.CCc1cc(/C(C)=N/OCc2ccc(C3CCCCC3)c(C(F)(F)F)c2)ccc1C=O. The van der Waals surface area contributed by atoms with Gasteiger partial charge in [0.15, 0.2) is 0 Å². The number of hydrogen-bond acceptors (Lipinski definition) is 3. The Hall–Kier alpha value is -2.63. The van der Waals surface area contributed by atoms with Crippen LogP contribution < -0.4 is 0 Å². The molecular formula is C28H36F3NO2. The van der Waals surface area contributed by atoms with Crippen LogP contribution in [0.25, 0.3) is 0 Å². The van der Waals surface area contributed by atoms with Crippen LogP contribution in [0.4, 0.5) is 13.2 Å². The summed E-state index contributed by atoms with van der Waals surface area (Å²) < 4.78 is 41.1. The summed E-state index contributed by atoms with van der Waals surface area (Å²) in [4.78, 5) is 16.5. The van der Waals surface area contributed by atoms with Crippen LogP contribution in [0.1, 0.15) is 110 Å². The molecule has 0 aromatic heterocycles. The highest BCUT2D eigenvalue weighted by Crippen LogP contribution is 2.41. The van der Waals surface area contributed by atoms with E-state index in [1.54, 1.807) is 31.2 Å². The molecule has 1 aliphatic rings. The second-order valence-electron chi connectivity index (χ2n) is 8.80. The lowest BCUT2D eigenvalue weighted by Crippen LogP contribution is -2.15. The Bertz CT molecular complexity index is 961. The Morgan fingerprint density at radius 2 is 1.74 bits per heavy atom. The zero-order chi connectivity index (χ0) is 25.1. The number of rotatable bonds is 7. The number of aryl methyl sites for hydroxylation is 1. The van der Waals surface area contributed by atoms with Gasteiger partial charge in [0, 0.05) is 5.56 Å². The van der Waals surface area contributed by atoms with Crippen LogP contribution in [0.5, 0.6) is 0 Å². The highest BCUT2D eigenvalue weighted by Gasteiger charge is 2.35. The minimum Gasteiger partial charge on any atom is -0.391 e. The van der Waals surface area contributed by atoms with Gasteiger partial charge in [-0.1, -0.05) is 75.9 Å². The molecule has 6 heteroatoms. The Kier molecular flexibility index (Phi) is 10.8. The van der Waals surface area contributed by atoms with Gasteiger partial charge in [0.05, 0.1) is 11.3 Å². The van der Waals surface area contributed by atoms with Crippen LogP contribution in [0.15, 0.2) is 41.6 Å². The highest BCUT2D eigenvalue weighted by atomic mass is 19.4. The van der Waals surface area contributed by atoms with Gasteiger partial charge in [-0.2, -0.15) is 13.2 Å². The van der Waals surface area contributed by atoms with Crippen molar-refractivity contribution >= 4 is 12.0 Å². The van der Waals surface area contributed by atoms with Crippen molar-refractivity contribution in [1.82, 2.24) is 0 Å². The smallest absolute Gasteiger partial charge is 0.391 e. The number of nitrogens with zero attached hydrogens (tertiary/aromatic N) is 1. The molecule has 1 aliphatic carbocycles. The first-order valence-electron chi connectivity index (χ1n) is 12.2. The molecule has 2 aromatic carbocycles. The van der Waals surface area contributed by atoms with Gasteiger partial charge >= 0.3 is 6.18 Å². The number of alkyl halides is 3. The van der Waals surface area contributed by atoms with Gasteiger partial charge in [-0.3, -0.25) is 4.79 Å². The number of halogens is 3. The number of carbonyl (C=O) groups excluding carboxylic acids is 1. The molecule has 0 N–H and O–H groups in total. The first-order valence-corrected chi connectivity index (χ1v) is 12.2. The molecule has 34 heavy (non-hydrogen) atoms. The number of oxime groups is 1. The average molecular weight is 476 g/mol. The summed E-state index contributed by atoms with van der Waals surface area (Å²) in [6, 6.07) is 9.92. The van der Waals surface area contributed by atoms with E-state index in [2.05, 4.69) is 19.0 Å². The van der Waals surface area contributed by atoms with Crippen molar-refractivity contribution in [3.8, 4) is 0 Å². The average Bonchev–Trinajstić information content (AvgIpc) is 2.84. The van der Waals surface area contributed by atoms with Crippen molar-refractivity contribution in [2.75, 3.05) is 0 Å². The molecule has 0 bridgehead atoms. The zero-order valence-corrected chi connectivity index (χ0v) is 20.7. The lowest BCUT2D eigenvalue weighted by molar-refractivity contribution is -0.138. The number of benzene rings is 2. The number of carbonyl (C=O) groups is 1. The van der Waals surface area contributed by atoms with E-state index in [1.807, 2.05) is 13.0 Å². The van der Waals surface area contributed by atoms with Gasteiger partial charge in [-0.25, -0.2) is 0 Å².